The lowest BCUT2D eigenvalue weighted by atomic mass is 9.84. The summed E-state index contributed by atoms with van der Waals surface area (Å²) in [5, 5.41) is 7.17. The summed E-state index contributed by atoms with van der Waals surface area (Å²) in [6.45, 7) is 0. The van der Waals surface area contributed by atoms with Gasteiger partial charge >= 0.3 is 0 Å². The van der Waals surface area contributed by atoms with Gasteiger partial charge in [-0.3, -0.25) is 0 Å². The molecule has 2 aromatic heterocycles. The number of nitrogens with zero attached hydrogens (tertiary/aromatic N) is 2. The molecule has 0 N–H and O–H groups in total. The highest BCUT2D eigenvalue weighted by Crippen LogP contribution is 2.45. The molecule has 40 heavy (non-hydrogen) atoms. The largest absolute Gasteiger partial charge is 0.445 e. The minimum Gasteiger partial charge on any atom is -0.445 e. The Morgan fingerprint density at radius 1 is 0.400 bits per heavy atom. The summed E-state index contributed by atoms with van der Waals surface area (Å²) in [6, 6.07) is 38.8. The molecule has 0 fully saturated rings. The molecule has 8 aromatic rings. The quantitative estimate of drug-likeness (QED) is 0.219. The van der Waals surface area contributed by atoms with Crippen LogP contribution in [0, 0.1) is 0 Å². The van der Waals surface area contributed by atoms with E-state index in [0.717, 1.165) is 22.3 Å². The second kappa shape index (κ2) is 9.07. The topological polar surface area (TPSA) is 52.1 Å². The van der Waals surface area contributed by atoms with Crippen LogP contribution in [0.25, 0.3) is 77.5 Å². The van der Waals surface area contributed by atoms with Gasteiger partial charge in [-0.2, -0.15) is 0 Å². The van der Waals surface area contributed by atoms with Crippen LogP contribution in [-0.2, 0) is 0 Å². The first-order valence-corrected chi connectivity index (χ1v) is 13.2. The molecule has 4 heteroatoms. The van der Waals surface area contributed by atoms with E-state index in [1.807, 2.05) is 12.1 Å². The van der Waals surface area contributed by atoms with Crippen molar-refractivity contribution in [3.05, 3.63) is 134 Å². The molecule has 188 valence electrons. The molecule has 0 bridgehead atoms. The Labute approximate surface area is 230 Å². The number of hydrogen-bond donors (Lipinski definition) is 0. The van der Waals surface area contributed by atoms with Crippen molar-refractivity contribution in [2.24, 2.45) is 0 Å². The average Bonchev–Trinajstić information content (AvgIpc) is 3.75. The van der Waals surface area contributed by atoms with Gasteiger partial charge in [-0.05, 0) is 91.0 Å². The maximum Gasteiger partial charge on any atom is 0.225 e. The Hall–Kier alpha value is -5.48. The Bertz CT molecular complexity index is 2010. The molecule has 0 spiro atoms. The zero-order valence-corrected chi connectivity index (χ0v) is 21.4. The standard InChI is InChI=1S/C36H22N2O2/c1-2-8-24-22-32-31(21-23(24)7-1)33(25-9-5-11-27(19-25)35-37-15-17-39-35)29-13-3-4-14-30(29)34(32)26-10-6-12-28(20-26)36-38-16-18-40-36/h1-22H. The number of benzene rings is 6. The maximum absolute atomic E-state index is 5.64. The molecule has 0 atom stereocenters. The van der Waals surface area contributed by atoms with Crippen LogP contribution in [0.5, 0.6) is 0 Å². The summed E-state index contributed by atoms with van der Waals surface area (Å²) in [7, 11) is 0. The smallest absolute Gasteiger partial charge is 0.225 e. The number of fused-ring (bicyclic) bond motifs is 3. The van der Waals surface area contributed by atoms with Crippen molar-refractivity contribution >= 4 is 32.3 Å². The Kier molecular flexibility index (Phi) is 5.10. The van der Waals surface area contributed by atoms with Gasteiger partial charge < -0.3 is 8.83 Å². The highest BCUT2D eigenvalue weighted by Gasteiger charge is 2.19. The fourth-order valence-corrected chi connectivity index (χ4v) is 5.83. The van der Waals surface area contributed by atoms with Crippen molar-refractivity contribution in [3.63, 3.8) is 0 Å². The molecule has 0 radical (unpaired) electrons. The first kappa shape index (κ1) is 22.5. The Morgan fingerprint density at radius 3 is 1.30 bits per heavy atom. The minimum atomic E-state index is 0.612. The van der Waals surface area contributed by atoms with E-state index in [4.69, 9.17) is 8.83 Å². The lowest BCUT2D eigenvalue weighted by Crippen LogP contribution is -1.92. The second-order valence-electron chi connectivity index (χ2n) is 9.88. The highest BCUT2D eigenvalue weighted by molar-refractivity contribution is 6.23. The minimum absolute atomic E-state index is 0.612. The van der Waals surface area contributed by atoms with Crippen LogP contribution in [0.1, 0.15) is 0 Å². The van der Waals surface area contributed by atoms with Gasteiger partial charge in [0.15, 0.2) is 0 Å². The third kappa shape index (κ3) is 3.62. The molecule has 0 saturated carbocycles. The van der Waals surface area contributed by atoms with Crippen molar-refractivity contribution in [2.45, 2.75) is 0 Å². The van der Waals surface area contributed by atoms with E-state index in [1.54, 1.807) is 24.9 Å². The monoisotopic (exact) mass is 514 g/mol. The molecular weight excluding hydrogens is 492 g/mol. The van der Waals surface area contributed by atoms with Crippen LogP contribution in [0.3, 0.4) is 0 Å². The maximum atomic E-state index is 5.64. The number of hydrogen-bond acceptors (Lipinski definition) is 4. The van der Waals surface area contributed by atoms with Crippen LogP contribution >= 0.6 is 0 Å². The van der Waals surface area contributed by atoms with Crippen LogP contribution in [-0.4, -0.2) is 9.97 Å². The fraction of sp³-hybridized carbons (Fsp3) is 0. The van der Waals surface area contributed by atoms with Gasteiger partial charge in [-0.1, -0.05) is 72.8 Å². The van der Waals surface area contributed by atoms with Crippen LogP contribution < -0.4 is 0 Å². The zero-order valence-electron chi connectivity index (χ0n) is 21.4. The first-order chi connectivity index (χ1) is 19.8. The van der Waals surface area contributed by atoms with Gasteiger partial charge in [0.05, 0.1) is 12.4 Å². The summed E-state index contributed by atoms with van der Waals surface area (Å²) in [5.41, 5.74) is 6.51. The highest BCUT2D eigenvalue weighted by atomic mass is 16.3. The molecule has 0 aliphatic heterocycles. The Morgan fingerprint density at radius 2 is 0.850 bits per heavy atom. The average molecular weight is 515 g/mol. The predicted molar refractivity (Wildman–Crippen MR) is 161 cm³/mol. The molecule has 0 saturated heterocycles. The van der Waals surface area contributed by atoms with Crippen LogP contribution in [0.15, 0.2) is 143 Å². The Balaban J connectivity index is 1.50. The summed E-state index contributed by atoms with van der Waals surface area (Å²) < 4.78 is 11.3. The molecule has 6 aromatic carbocycles. The van der Waals surface area contributed by atoms with Crippen molar-refractivity contribution < 1.29 is 8.83 Å². The van der Waals surface area contributed by atoms with Crippen molar-refractivity contribution in [3.8, 4) is 45.2 Å². The van der Waals surface area contributed by atoms with Gasteiger partial charge in [-0.25, -0.2) is 9.97 Å². The molecule has 0 unspecified atom stereocenters. The molecule has 0 aliphatic carbocycles. The SMILES string of the molecule is c1cc(-c2ncco2)cc(-c2c3ccccc3c(-c3cccc(-c4ncco4)c3)c3cc4ccccc4cc23)c1. The van der Waals surface area contributed by atoms with E-state index < -0.39 is 0 Å². The molecular formula is C36H22N2O2. The lowest BCUT2D eigenvalue weighted by Gasteiger charge is -2.19. The van der Waals surface area contributed by atoms with Gasteiger partial charge in [0.25, 0.3) is 0 Å². The third-order valence-corrected chi connectivity index (χ3v) is 7.55. The molecule has 8 rings (SSSR count). The summed E-state index contributed by atoms with van der Waals surface area (Å²) >= 11 is 0. The third-order valence-electron chi connectivity index (χ3n) is 7.55. The summed E-state index contributed by atoms with van der Waals surface area (Å²) in [5.74, 6) is 1.22. The molecule has 2 heterocycles. The van der Waals surface area contributed by atoms with Gasteiger partial charge in [0, 0.05) is 11.1 Å². The van der Waals surface area contributed by atoms with E-state index in [9.17, 15) is 0 Å². The van der Waals surface area contributed by atoms with Gasteiger partial charge in [0.1, 0.15) is 12.5 Å². The van der Waals surface area contributed by atoms with Crippen molar-refractivity contribution in [1.82, 2.24) is 9.97 Å². The van der Waals surface area contributed by atoms with E-state index in [1.165, 1.54) is 43.4 Å². The number of aromatic nitrogens is 2. The molecule has 0 aliphatic rings. The van der Waals surface area contributed by atoms with E-state index >= 15 is 0 Å². The summed E-state index contributed by atoms with van der Waals surface area (Å²) in [4.78, 5) is 8.78. The fourth-order valence-electron chi connectivity index (χ4n) is 5.83. The molecule has 0 amide bonds. The van der Waals surface area contributed by atoms with Gasteiger partial charge in [-0.15, -0.1) is 0 Å². The van der Waals surface area contributed by atoms with Crippen molar-refractivity contribution in [2.75, 3.05) is 0 Å². The number of oxazole rings is 2. The van der Waals surface area contributed by atoms with Gasteiger partial charge in [0.2, 0.25) is 11.8 Å². The second-order valence-corrected chi connectivity index (χ2v) is 9.88. The van der Waals surface area contributed by atoms with E-state index in [-0.39, 0.29) is 0 Å². The molecule has 4 nitrogen and oxygen atoms in total. The number of rotatable bonds is 4. The normalized spacial score (nSPS) is 11.5. The van der Waals surface area contributed by atoms with Crippen LogP contribution in [0.4, 0.5) is 0 Å². The first-order valence-electron chi connectivity index (χ1n) is 13.2. The van der Waals surface area contributed by atoms with Crippen molar-refractivity contribution in [1.29, 1.82) is 0 Å². The summed E-state index contributed by atoms with van der Waals surface area (Å²) in [6.07, 6.45) is 6.58. The lowest BCUT2D eigenvalue weighted by molar-refractivity contribution is 0.574. The van der Waals surface area contributed by atoms with E-state index in [0.29, 0.717) is 11.8 Å². The van der Waals surface area contributed by atoms with E-state index in [2.05, 4.69) is 107 Å². The zero-order chi connectivity index (χ0) is 26.5. The predicted octanol–water partition coefficient (Wildman–Crippen LogP) is 9.79. The van der Waals surface area contributed by atoms with Crippen LogP contribution in [0.2, 0.25) is 0 Å².